The quantitative estimate of drug-likeness (QED) is 0.789. The van der Waals surface area contributed by atoms with Crippen LogP contribution in [0.5, 0.6) is 0 Å². The molecule has 8 heteroatoms. The van der Waals surface area contributed by atoms with Gasteiger partial charge in [0.05, 0.1) is 4.90 Å². The molecule has 2 aliphatic rings. The second-order valence-corrected chi connectivity index (χ2v) is 8.03. The predicted octanol–water partition coefficient (Wildman–Crippen LogP) is -0.0931. The summed E-state index contributed by atoms with van der Waals surface area (Å²) >= 11 is 0. The van der Waals surface area contributed by atoms with Crippen LogP contribution in [0.25, 0.3) is 0 Å². The highest BCUT2D eigenvalue weighted by atomic mass is 32.2. The summed E-state index contributed by atoms with van der Waals surface area (Å²) in [7, 11) is -3.76. The topological polar surface area (TPSA) is 95.7 Å². The average Bonchev–Trinajstić information content (AvgIpc) is 2.96. The molecular formula is C16H24N4O3S. The van der Waals surface area contributed by atoms with Crippen LogP contribution < -0.4 is 15.4 Å². The highest BCUT2D eigenvalue weighted by molar-refractivity contribution is 7.89. The molecule has 7 nitrogen and oxygen atoms in total. The van der Waals surface area contributed by atoms with Gasteiger partial charge < -0.3 is 10.2 Å². The number of piperazine rings is 1. The lowest BCUT2D eigenvalue weighted by Crippen LogP contribution is -2.50. The molecule has 0 radical (unpaired) electrons. The van der Waals surface area contributed by atoms with Gasteiger partial charge in [-0.3, -0.25) is 9.69 Å². The van der Waals surface area contributed by atoms with E-state index >= 15 is 0 Å². The van der Waals surface area contributed by atoms with Crippen molar-refractivity contribution in [2.45, 2.75) is 30.7 Å². The number of fused-ring (bicyclic) bond motifs is 1. The Morgan fingerprint density at radius 1 is 1.38 bits per heavy atom. The maximum Gasteiger partial charge on any atom is 0.238 e. The largest absolute Gasteiger partial charge is 0.314 e. The normalized spacial score (nSPS) is 21.8. The summed E-state index contributed by atoms with van der Waals surface area (Å²) in [6.07, 6.45) is 1.18. The number of carbonyl (C=O) groups is 1. The summed E-state index contributed by atoms with van der Waals surface area (Å²) < 4.78 is 23.1. The monoisotopic (exact) mass is 352 g/mol. The molecule has 3 rings (SSSR count). The summed E-state index contributed by atoms with van der Waals surface area (Å²) in [4.78, 5) is 16.7. The van der Waals surface area contributed by atoms with Crippen LogP contribution in [0.4, 0.5) is 5.69 Å². The van der Waals surface area contributed by atoms with E-state index in [1.807, 2.05) is 0 Å². The van der Waals surface area contributed by atoms with Gasteiger partial charge in [0.25, 0.3) is 0 Å². The number of carbonyl (C=O) groups excluding carboxylic acids is 1. The Hall–Kier alpha value is -1.48. The molecule has 132 valence electrons. The lowest BCUT2D eigenvalue weighted by Gasteiger charge is -2.34. The van der Waals surface area contributed by atoms with Crippen molar-refractivity contribution in [1.29, 1.82) is 0 Å². The van der Waals surface area contributed by atoms with Crippen molar-refractivity contribution < 1.29 is 13.2 Å². The number of sulfonamides is 1. The molecule has 1 fully saturated rings. The summed E-state index contributed by atoms with van der Waals surface area (Å²) in [6, 6.07) is 5.19. The number of primary sulfonamides is 1. The molecule has 0 unspecified atom stereocenters. The first-order valence-electron chi connectivity index (χ1n) is 8.27. The lowest BCUT2D eigenvalue weighted by molar-refractivity contribution is -0.119. The summed E-state index contributed by atoms with van der Waals surface area (Å²) in [5.74, 6) is 0.0334. The van der Waals surface area contributed by atoms with E-state index in [2.05, 4.69) is 17.1 Å². The minimum Gasteiger partial charge on any atom is -0.314 e. The molecule has 1 atom stereocenters. The molecular weight excluding hydrogens is 328 g/mol. The van der Waals surface area contributed by atoms with E-state index in [-0.39, 0.29) is 10.8 Å². The lowest BCUT2D eigenvalue weighted by atomic mass is 10.2. The minimum absolute atomic E-state index is 0.0334. The van der Waals surface area contributed by atoms with E-state index in [0.29, 0.717) is 24.7 Å². The molecule has 0 bridgehead atoms. The highest BCUT2D eigenvalue weighted by Crippen LogP contribution is 2.30. The maximum atomic E-state index is 12.6. The van der Waals surface area contributed by atoms with Gasteiger partial charge in [0.1, 0.15) is 0 Å². The van der Waals surface area contributed by atoms with Gasteiger partial charge in [-0.2, -0.15) is 0 Å². The Morgan fingerprint density at radius 2 is 2.17 bits per heavy atom. The molecule has 1 saturated heterocycles. The van der Waals surface area contributed by atoms with E-state index < -0.39 is 10.0 Å². The summed E-state index contributed by atoms with van der Waals surface area (Å²) in [6.45, 7) is 6.31. The molecule has 3 N–H and O–H groups in total. The van der Waals surface area contributed by atoms with Crippen LogP contribution in [0.3, 0.4) is 0 Å². The van der Waals surface area contributed by atoms with E-state index in [9.17, 15) is 13.2 Å². The number of hydrogen-bond acceptors (Lipinski definition) is 5. The van der Waals surface area contributed by atoms with Crippen molar-refractivity contribution in [2.24, 2.45) is 5.14 Å². The SMILES string of the molecule is C[C@H]1CNCCN1CCC(=O)N1CCc2ccc(S(N)(=O)=O)cc21. The third-order valence-corrected chi connectivity index (χ3v) is 5.74. The molecule has 1 aromatic carbocycles. The van der Waals surface area contributed by atoms with Crippen LogP contribution in [0, 0.1) is 0 Å². The number of nitrogens with one attached hydrogen (secondary N) is 1. The molecule has 0 aromatic heterocycles. The highest BCUT2D eigenvalue weighted by Gasteiger charge is 2.27. The van der Waals surface area contributed by atoms with Crippen LogP contribution in [-0.4, -0.2) is 58.0 Å². The molecule has 0 spiro atoms. The van der Waals surface area contributed by atoms with Crippen molar-refractivity contribution in [3.63, 3.8) is 0 Å². The fraction of sp³-hybridized carbons (Fsp3) is 0.562. The van der Waals surface area contributed by atoms with Gasteiger partial charge >= 0.3 is 0 Å². The van der Waals surface area contributed by atoms with Gasteiger partial charge in [-0.25, -0.2) is 13.6 Å². The van der Waals surface area contributed by atoms with Gasteiger partial charge in [0, 0.05) is 50.9 Å². The average molecular weight is 352 g/mol. The molecule has 0 saturated carbocycles. The van der Waals surface area contributed by atoms with Crippen molar-refractivity contribution in [3.05, 3.63) is 23.8 Å². The van der Waals surface area contributed by atoms with Crippen molar-refractivity contribution in [3.8, 4) is 0 Å². The zero-order valence-electron chi connectivity index (χ0n) is 13.9. The van der Waals surface area contributed by atoms with Crippen LogP contribution in [-0.2, 0) is 21.2 Å². The zero-order valence-corrected chi connectivity index (χ0v) is 14.7. The first kappa shape index (κ1) is 17.3. The summed E-state index contributed by atoms with van der Waals surface area (Å²) in [5.41, 5.74) is 1.67. The smallest absolute Gasteiger partial charge is 0.238 e. The van der Waals surface area contributed by atoms with Gasteiger partial charge in [0.2, 0.25) is 15.9 Å². The third kappa shape index (κ3) is 3.61. The summed E-state index contributed by atoms with van der Waals surface area (Å²) in [5, 5.41) is 8.53. The molecule has 2 heterocycles. The second kappa shape index (κ2) is 6.79. The fourth-order valence-electron chi connectivity index (χ4n) is 3.38. The van der Waals surface area contributed by atoms with Crippen molar-refractivity contribution >= 4 is 21.6 Å². The molecule has 0 aliphatic carbocycles. The van der Waals surface area contributed by atoms with Crippen molar-refractivity contribution in [2.75, 3.05) is 37.6 Å². The molecule has 1 aromatic rings. The Morgan fingerprint density at radius 3 is 2.88 bits per heavy atom. The van der Waals surface area contributed by atoms with E-state index in [1.54, 1.807) is 11.0 Å². The van der Waals surface area contributed by atoms with Crippen molar-refractivity contribution in [1.82, 2.24) is 10.2 Å². The number of rotatable bonds is 4. The first-order chi connectivity index (χ1) is 11.4. The van der Waals surface area contributed by atoms with Crippen LogP contribution in [0.15, 0.2) is 23.1 Å². The molecule has 2 aliphatic heterocycles. The number of nitrogens with zero attached hydrogens (tertiary/aromatic N) is 2. The first-order valence-corrected chi connectivity index (χ1v) is 9.82. The molecule has 24 heavy (non-hydrogen) atoms. The Bertz CT molecular complexity index is 735. The minimum atomic E-state index is -3.76. The van der Waals surface area contributed by atoms with E-state index in [1.165, 1.54) is 12.1 Å². The number of hydrogen-bond donors (Lipinski definition) is 2. The second-order valence-electron chi connectivity index (χ2n) is 6.47. The van der Waals surface area contributed by atoms with Crippen LogP contribution in [0.2, 0.25) is 0 Å². The van der Waals surface area contributed by atoms with Gasteiger partial charge in [-0.05, 0) is 31.0 Å². The number of nitrogens with two attached hydrogens (primary N) is 1. The number of amides is 1. The van der Waals surface area contributed by atoms with Crippen LogP contribution in [0.1, 0.15) is 18.9 Å². The van der Waals surface area contributed by atoms with E-state index in [4.69, 9.17) is 5.14 Å². The van der Waals surface area contributed by atoms with E-state index in [0.717, 1.165) is 38.2 Å². The zero-order chi connectivity index (χ0) is 17.3. The predicted molar refractivity (Wildman–Crippen MR) is 92.4 cm³/mol. The number of benzene rings is 1. The third-order valence-electron chi connectivity index (χ3n) is 4.83. The van der Waals surface area contributed by atoms with Gasteiger partial charge in [-0.15, -0.1) is 0 Å². The Labute approximate surface area is 142 Å². The van der Waals surface area contributed by atoms with Gasteiger partial charge in [0.15, 0.2) is 0 Å². The van der Waals surface area contributed by atoms with Crippen LogP contribution >= 0.6 is 0 Å². The Kier molecular flexibility index (Phi) is 4.91. The molecule has 1 amide bonds. The number of anilines is 1. The van der Waals surface area contributed by atoms with Gasteiger partial charge in [-0.1, -0.05) is 6.07 Å². The maximum absolute atomic E-state index is 12.6. The standard InChI is InChI=1S/C16H24N4O3S/c1-12-11-18-6-9-19(12)7-5-16(21)20-8-4-13-2-3-14(10-15(13)20)24(17,22)23/h2-3,10,12,18H,4-9,11H2,1H3,(H2,17,22,23)/t12-/m0/s1. The fourth-order valence-corrected chi connectivity index (χ4v) is 3.92. The Balaban J connectivity index is 1.69.